The third-order valence-corrected chi connectivity index (χ3v) is 6.78. The molecule has 1 atom stereocenters. The van der Waals surface area contributed by atoms with Crippen LogP contribution >= 0.6 is 11.3 Å². The molecular formula is C24H23FN4O3S. The van der Waals surface area contributed by atoms with Crippen LogP contribution in [-0.4, -0.2) is 28.5 Å². The minimum Gasteiger partial charge on any atom is -0.467 e. The predicted molar refractivity (Wildman–Crippen MR) is 125 cm³/mol. The van der Waals surface area contributed by atoms with Gasteiger partial charge in [-0.2, -0.15) is 0 Å². The van der Waals surface area contributed by atoms with E-state index in [0.29, 0.717) is 41.6 Å². The Kier molecular flexibility index (Phi) is 5.95. The molecule has 0 bridgehead atoms. The minimum absolute atomic E-state index is 0.0415. The summed E-state index contributed by atoms with van der Waals surface area (Å²) in [5, 5.41) is 4.79. The Bertz CT molecular complexity index is 1310. The van der Waals surface area contributed by atoms with Crippen molar-refractivity contribution >= 4 is 33.4 Å². The third-order valence-electron chi connectivity index (χ3n) is 5.89. The average molecular weight is 467 g/mol. The van der Waals surface area contributed by atoms with Crippen LogP contribution in [0.3, 0.4) is 0 Å². The molecule has 4 heterocycles. The maximum Gasteiger partial charge on any atom is 0.273 e. The van der Waals surface area contributed by atoms with Gasteiger partial charge < -0.3 is 14.6 Å². The fourth-order valence-corrected chi connectivity index (χ4v) is 4.97. The minimum atomic E-state index is -0.322. The first kappa shape index (κ1) is 21.4. The lowest BCUT2D eigenvalue weighted by molar-refractivity contribution is -0.125. The molecule has 9 heteroatoms. The SMILES string of the molecule is O=C(NCc1ccco1)C1CCCN(c2nc3ccsc3c(=O)n2Cc2ccc(F)cc2)C1. The van der Waals surface area contributed by atoms with E-state index in [2.05, 4.69) is 5.32 Å². The number of carbonyl (C=O) groups is 1. The topological polar surface area (TPSA) is 80.4 Å². The van der Waals surface area contributed by atoms with E-state index >= 15 is 0 Å². The van der Waals surface area contributed by atoms with Crippen molar-refractivity contribution in [2.24, 2.45) is 5.92 Å². The predicted octanol–water partition coefficient (Wildman–Crippen LogP) is 3.77. The number of nitrogens with zero attached hydrogens (tertiary/aromatic N) is 3. The summed E-state index contributed by atoms with van der Waals surface area (Å²) in [5.41, 5.74) is 1.33. The molecule has 1 unspecified atom stereocenters. The second-order valence-corrected chi connectivity index (χ2v) is 9.06. The van der Waals surface area contributed by atoms with E-state index in [1.165, 1.54) is 23.5 Å². The molecule has 1 saturated heterocycles. The van der Waals surface area contributed by atoms with Crippen LogP contribution in [0.5, 0.6) is 0 Å². The van der Waals surface area contributed by atoms with Gasteiger partial charge in [-0.1, -0.05) is 12.1 Å². The van der Waals surface area contributed by atoms with Crippen LogP contribution in [0.2, 0.25) is 0 Å². The Morgan fingerprint density at radius 1 is 1.24 bits per heavy atom. The lowest BCUT2D eigenvalue weighted by atomic mass is 9.97. The lowest BCUT2D eigenvalue weighted by Crippen LogP contribution is -2.45. The number of nitrogens with one attached hydrogen (secondary N) is 1. The highest BCUT2D eigenvalue weighted by Gasteiger charge is 2.29. The fourth-order valence-electron chi connectivity index (χ4n) is 4.19. The molecule has 1 fully saturated rings. The number of thiophene rings is 1. The van der Waals surface area contributed by atoms with Gasteiger partial charge in [-0.3, -0.25) is 14.2 Å². The standard InChI is InChI=1S/C24H23FN4O3S/c25-18-7-5-16(6-8-18)14-29-23(31)21-20(9-12-33-21)27-24(29)28-10-1-3-17(15-28)22(30)26-13-19-4-2-11-32-19/h2,4-9,11-12,17H,1,3,10,13-15H2,(H,26,30). The summed E-state index contributed by atoms with van der Waals surface area (Å²) in [6.07, 6.45) is 3.16. The van der Waals surface area contributed by atoms with Crippen molar-refractivity contribution in [1.29, 1.82) is 0 Å². The van der Waals surface area contributed by atoms with Gasteiger partial charge >= 0.3 is 0 Å². The van der Waals surface area contributed by atoms with Crippen molar-refractivity contribution in [3.63, 3.8) is 0 Å². The molecule has 0 saturated carbocycles. The zero-order valence-electron chi connectivity index (χ0n) is 17.9. The van der Waals surface area contributed by atoms with E-state index < -0.39 is 0 Å². The zero-order chi connectivity index (χ0) is 22.8. The molecule has 1 amide bonds. The maximum atomic E-state index is 13.4. The quantitative estimate of drug-likeness (QED) is 0.468. The van der Waals surface area contributed by atoms with Crippen molar-refractivity contribution in [2.75, 3.05) is 18.0 Å². The number of furan rings is 1. The molecule has 33 heavy (non-hydrogen) atoms. The van der Waals surface area contributed by atoms with Gasteiger partial charge in [-0.25, -0.2) is 9.37 Å². The van der Waals surface area contributed by atoms with Gasteiger partial charge in [0.2, 0.25) is 11.9 Å². The van der Waals surface area contributed by atoms with Crippen LogP contribution in [-0.2, 0) is 17.9 Å². The molecule has 1 aliphatic heterocycles. The Hall–Kier alpha value is -3.46. The van der Waals surface area contributed by atoms with Gasteiger partial charge in [-0.05, 0) is 54.1 Å². The van der Waals surface area contributed by atoms with E-state index in [9.17, 15) is 14.0 Å². The van der Waals surface area contributed by atoms with E-state index in [-0.39, 0.29) is 29.7 Å². The molecule has 5 rings (SSSR count). The number of piperidine rings is 1. The second-order valence-electron chi connectivity index (χ2n) is 8.15. The van der Waals surface area contributed by atoms with Gasteiger partial charge in [0.05, 0.1) is 30.8 Å². The Morgan fingerprint density at radius 3 is 2.88 bits per heavy atom. The Labute approximate surface area is 193 Å². The van der Waals surface area contributed by atoms with E-state index in [1.54, 1.807) is 29.0 Å². The monoisotopic (exact) mass is 466 g/mol. The fraction of sp³-hybridized carbons (Fsp3) is 0.292. The summed E-state index contributed by atoms with van der Waals surface area (Å²) < 4.78 is 20.9. The number of hydrogen-bond donors (Lipinski definition) is 1. The van der Waals surface area contributed by atoms with E-state index in [1.807, 2.05) is 22.4 Å². The first-order valence-electron chi connectivity index (χ1n) is 10.9. The molecule has 0 radical (unpaired) electrons. The summed E-state index contributed by atoms with van der Waals surface area (Å²) >= 11 is 1.36. The number of aromatic nitrogens is 2. The van der Waals surface area contributed by atoms with Crippen LogP contribution in [0.15, 0.2) is 63.3 Å². The summed E-state index contributed by atoms with van der Waals surface area (Å²) in [7, 11) is 0. The number of anilines is 1. The Balaban J connectivity index is 1.42. The molecule has 1 aromatic carbocycles. The summed E-state index contributed by atoms with van der Waals surface area (Å²) in [5.74, 6) is 0.660. The number of halogens is 1. The molecule has 170 valence electrons. The van der Waals surface area contributed by atoms with Gasteiger partial charge in [0.1, 0.15) is 16.3 Å². The van der Waals surface area contributed by atoms with Crippen LogP contribution in [0.4, 0.5) is 10.3 Å². The smallest absolute Gasteiger partial charge is 0.273 e. The van der Waals surface area contributed by atoms with Crippen LogP contribution in [0.1, 0.15) is 24.2 Å². The number of amides is 1. The van der Waals surface area contributed by atoms with Crippen molar-refractivity contribution in [3.05, 3.63) is 81.6 Å². The van der Waals surface area contributed by atoms with Crippen molar-refractivity contribution in [2.45, 2.75) is 25.9 Å². The molecule has 3 aromatic heterocycles. The molecule has 7 nitrogen and oxygen atoms in total. The van der Waals surface area contributed by atoms with Gasteiger partial charge in [-0.15, -0.1) is 11.3 Å². The molecule has 0 aliphatic carbocycles. The highest BCUT2D eigenvalue weighted by Crippen LogP contribution is 2.25. The third kappa shape index (κ3) is 4.54. The molecule has 0 spiro atoms. The second kappa shape index (κ2) is 9.19. The van der Waals surface area contributed by atoms with Crippen LogP contribution < -0.4 is 15.8 Å². The van der Waals surface area contributed by atoms with Crippen molar-refractivity contribution < 1.29 is 13.6 Å². The Morgan fingerprint density at radius 2 is 2.09 bits per heavy atom. The van der Waals surface area contributed by atoms with Gasteiger partial charge in [0.25, 0.3) is 5.56 Å². The maximum absolute atomic E-state index is 13.4. The van der Waals surface area contributed by atoms with Crippen molar-refractivity contribution in [3.8, 4) is 0 Å². The highest BCUT2D eigenvalue weighted by molar-refractivity contribution is 7.17. The number of benzene rings is 1. The molecule has 4 aromatic rings. The number of hydrogen-bond acceptors (Lipinski definition) is 6. The van der Waals surface area contributed by atoms with E-state index in [4.69, 9.17) is 9.40 Å². The largest absolute Gasteiger partial charge is 0.467 e. The van der Waals surface area contributed by atoms with Crippen LogP contribution in [0.25, 0.3) is 10.2 Å². The first-order valence-corrected chi connectivity index (χ1v) is 11.7. The summed E-state index contributed by atoms with van der Waals surface area (Å²) in [6.45, 7) is 1.79. The number of rotatable bonds is 6. The number of carbonyl (C=O) groups excluding carboxylic acids is 1. The molecule has 1 N–H and O–H groups in total. The average Bonchev–Trinajstić information content (AvgIpc) is 3.53. The van der Waals surface area contributed by atoms with Gasteiger partial charge in [0, 0.05) is 13.1 Å². The molecular weight excluding hydrogens is 443 g/mol. The number of fused-ring (bicyclic) bond motifs is 1. The normalized spacial score (nSPS) is 16.3. The van der Waals surface area contributed by atoms with Crippen LogP contribution in [0, 0.1) is 11.7 Å². The zero-order valence-corrected chi connectivity index (χ0v) is 18.7. The summed E-state index contributed by atoms with van der Waals surface area (Å²) in [4.78, 5) is 32.9. The first-order chi connectivity index (χ1) is 16.1. The highest BCUT2D eigenvalue weighted by atomic mass is 32.1. The lowest BCUT2D eigenvalue weighted by Gasteiger charge is -2.34. The van der Waals surface area contributed by atoms with E-state index in [0.717, 1.165) is 18.4 Å². The van der Waals surface area contributed by atoms with Crippen molar-refractivity contribution in [1.82, 2.24) is 14.9 Å². The van der Waals surface area contributed by atoms with Gasteiger partial charge in [0.15, 0.2) is 0 Å². The summed E-state index contributed by atoms with van der Waals surface area (Å²) in [6, 6.07) is 11.6. The molecule has 1 aliphatic rings.